The highest BCUT2D eigenvalue weighted by Gasteiger charge is 2.37. The van der Waals surface area contributed by atoms with Crippen molar-refractivity contribution in [1.82, 2.24) is 0 Å². The van der Waals surface area contributed by atoms with Crippen molar-refractivity contribution in [1.29, 1.82) is 0 Å². The molecule has 0 aromatic heterocycles. The van der Waals surface area contributed by atoms with Crippen LogP contribution in [0, 0.1) is 0 Å². The summed E-state index contributed by atoms with van der Waals surface area (Å²) in [6.07, 6.45) is -9.75. The zero-order valence-corrected chi connectivity index (χ0v) is 13.4. The Morgan fingerprint density at radius 1 is 0.840 bits per heavy atom. The summed E-state index contributed by atoms with van der Waals surface area (Å²) in [5, 5.41) is 0. The molecule has 2 rings (SSSR count). The van der Waals surface area contributed by atoms with Crippen LogP contribution in [-0.4, -0.2) is 5.71 Å². The van der Waals surface area contributed by atoms with E-state index in [1.807, 2.05) is 0 Å². The van der Waals surface area contributed by atoms with Crippen LogP contribution < -0.4 is 0 Å². The molecule has 2 aromatic carbocycles. The first-order valence-corrected chi connectivity index (χ1v) is 7.37. The first-order valence-electron chi connectivity index (χ1n) is 7.37. The van der Waals surface area contributed by atoms with Gasteiger partial charge in [-0.25, -0.2) is 0 Å². The van der Waals surface area contributed by atoms with E-state index in [0.29, 0.717) is 12.1 Å². The maximum absolute atomic E-state index is 12.9. The number of hydrogen-bond donors (Lipinski definition) is 0. The molecule has 25 heavy (non-hydrogen) atoms. The summed E-state index contributed by atoms with van der Waals surface area (Å²) >= 11 is 0. The predicted molar refractivity (Wildman–Crippen MR) is 83.5 cm³/mol. The summed E-state index contributed by atoms with van der Waals surface area (Å²) in [5.41, 5.74) is -1.98. The molecule has 0 radical (unpaired) electrons. The van der Waals surface area contributed by atoms with Crippen molar-refractivity contribution in [3.05, 3.63) is 70.8 Å². The lowest BCUT2D eigenvalue weighted by molar-refractivity contribution is -0.143. The molecule has 0 saturated heterocycles. The third kappa shape index (κ3) is 4.84. The standard InChI is InChI=1S/C18H15F6N/c1-11(13-6-4-3-5-7-13)25-12(2)14-8-15(17(19,20)21)10-16(9-14)18(22,23)24/h3-11H,1-2H3/b25-12+. The number of rotatable bonds is 3. The third-order valence-electron chi connectivity index (χ3n) is 3.67. The molecule has 0 aliphatic carbocycles. The highest BCUT2D eigenvalue weighted by molar-refractivity contribution is 5.99. The fourth-order valence-corrected chi connectivity index (χ4v) is 2.33. The molecule has 7 heteroatoms. The lowest BCUT2D eigenvalue weighted by atomic mass is 10.0. The second kappa shape index (κ2) is 6.90. The van der Waals surface area contributed by atoms with E-state index in [1.165, 1.54) is 6.92 Å². The molecular formula is C18H15F6N. The Kier molecular flexibility index (Phi) is 5.25. The zero-order chi connectivity index (χ0) is 18.8. The fraction of sp³-hybridized carbons (Fsp3) is 0.278. The Morgan fingerprint density at radius 2 is 1.32 bits per heavy atom. The van der Waals surface area contributed by atoms with Crippen molar-refractivity contribution >= 4 is 5.71 Å². The molecule has 0 aliphatic rings. The summed E-state index contributed by atoms with van der Waals surface area (Å²) in [7, 11) is 0. The predicted octanol–water partition coefficient (Wildman–Crippen LogP) is 6.29. The number of halogens is 6. The molecule has 134 valence electrons. The Balaban J connectivity index is 2.48. The van der Waals surface area contributed by atoms with E-state index >= 15 is 0 Å². The number of alkyl halides is 6. The quantitative estimate of drug-likeness (QED) is 0.451. The summed E-state index contributed by atoms with van der Waals surface area (Å²) in [6.45, 7) is 3.12. The minimum absolute atomic E-state index is 0.105. The summed E-state index contributed by atoms with van der Waals surface area (Å²) in [6, 6.07) is 10.0. The van der Waals surface area contributed by atoms with Gasteiger partial charge in [-0.2, -0.15) is 26.3 Å². The third-order valence-corrected chi connectivity index (χ3v) is 3.67. The molecule has 0 aliphatic heterocycles. The van der Waals surface area contributed by atoms with E-state index in [9.17, 15) is 26.3 Å². The van der Waals surface area contributed by atoms with E-state index in [2.05, 4.69) is 4.99 Å². The maximum Gasteiger partial charge on any atom is 0.416 e. The van der Waals surface area contributed by atoms with Gasteiger partial charge in [0.05, 0.1) is 17.2 Å². The van der Waals surface area contributed by atoms with Crippen LogP contribution in [0.4, 0.5) is 26.3 Å². The van der Waals surface area contributed by atoms with Crippen LogP contribution >= 0.6 is 0 Å². The smallest absolute Gasteiger partial charge is 0.282 e. The highest BCUT2D eigenvalue weighted by atomic mass is 19.4. The second-order valence-electron chi connectivity index (χ2n) is 5.60. The molecule has 0 spiro atoms. The fourth-order valence-electron chi connectivity index (χ4n) is 2.33. The molecule has 1 unspecified atom stereocenters. The van der Waals surface area contributed by atoms with Gasteiger partial charge in [0, 0.05) is 5.71 Å². The van der Waals surface area contributed by atoms with E-state index in [-0.39, 0.29) is 17.3 Å². The van der Waals surface area contributed by atoms with Crippen molar-refractivity contribution in [3.63, 3.8) is 0 Å². The number of hydrogen-bond acceptors (Lipinski definition) is 1. The Morgan fingerprint density at radius 3 is 1.76 bits per heavy atom. The van der Waals surface area contributed by atoms with Crippen molar-refractivity contribution in [2.45, 2.75) is 32.2 Å². The van der Waals surface area contributed by atoms with Crippen LogP contribution in [0.25, 0.3) is 0 Å². The maximum atomic E-state index is 12.9. The Hall–Kier alpha value is -2.31. The molecule has 0 bridgehead atoms. The first kappa shape index (κ1) is 19.0. The molecule has 1 atom stereocenters. The first-order chi connectivity index (χ1) is 11.5. The number of aliphatic imine (C=N–C) groups is 1. The van der Waals surface area contributed by atoms with Crippen molar-refractivity contribution in [2.24, 2.45) is 4.99 Å². The van der Waals surface area contributed by atoms with Gasteiger partial charge >= 0.3 is 12.4 Å². The van der Waals surface area contributed by atoms with Crippen LogP contribution in [0.2, 0.25) is 0 Å². The van der Waals surface area contributed by atoms with Gasteiger partial charge in [-0.05, 0) is 43.2 Å². The van der Waals surface area contributed by atoms with Gasteiger partial charge in [-0.3, -0.25) is 4.99 Å². The Labute approximate surface area is 141 Å². The zero-order valence-electron chi connectivity index (χ0n) is 13.4. The average Bonchev–Trinajstić information content (AvgIpc) is 2.53. The molecule has 0 heterocycles. The van der Waals surface area contributed by atoms with Crippen LogP contribution in [-0.2, 0) is 12.4 Å². The lowest BCUT2D eigenvalue weighted by Crippen LogP contribution is -2.13. The van der Waals surface area contributed by atoms with Gasteiger partial charge in [0.2, 0.25) is 0 Å². The summed E-state index contributed by atoms with van der Waals surface area (Å²) < 4.78 is 77.5. The van der Waals surface area contributed by atoms with E-state index in [4.69, 9.17) is 0 Å². The monoisotopic (exact) mass is 359 g/mol. The van der Waals surface area contributed by atoms with Crippen molar-refractivity contribution in [2.75, 3.05) is 0 Å². The molecule has 0 saturated carbocycles. The minimum atomic E-state index is -4.87. The van der Waals surface area contributed by atoms with Crippen LogP contribution in [0.3, 0.4) is 0 Å². The van der Waals surface area contributed by atoms with Crippen LogP contribution in [0.1, 0.15) is 42.1 Å². The van der Waals surface area contributed by atoms with Gasteiger partial charge in [-0.1, -0.05) is 30.3 Å². The van der Waals surface area contributed by atoms with E-state index in [1.54, 1.807) is 37.3 Å². The number of nitrogens with zero attached hydrogens (tertiary/aromatic N) is 1. The highest BCUT2D eigenvalue weighted by Crippen LogP contribution is 2.36. The minimum Gasteiger partial charge on any atom is -0.282 e. The molecule has 1 nitrogen and oxygen atoms in total. The molecule has 0 fully saturated rings. The van der Waals surface area contributed by atoms with Crippen molar-refractivity contribution in [3.8, 4) is 0 Å². The SMILES string of the molecule is C/C(=N\C(C)c1ccccc1)c1cc(C(F)(F)F)cc(C(F)(F)F)c1. The van der Waals surface area contributed by atoms with Crippen molar-refractivity contribution < 1.29 is 26.3 Å². The summed E-state index contributed by atoms with van der Waals surface area (Å²) in [5.74, 6) is 0. The van der Waals surface area contributed by atoms with Gasteiger partial charge < -0.3 is 0 Å². The van der Waals surface area contributed by atoms with Crippen LogP contribution in [0.5, 0.6) is 0 Å². The van der Waals surface area contributed by atoms with Crippen LogP contribution in [0.15, 0.2) is 53.5 Å². The van der Waals surface area contributed by atoms with E-state index < -0.39 is 29.5 Å². The lowest BCUT2D eigenvalue weighted by Gasteiger charge is -2.15. The van der Waals surface area contributed by atoms with Gasteiger partial charge in [-0.15, -0.1) is 0 Å². The van der Waals surface area contributed by atoms with E-state index in [0.717, 1.165) is 5.56 Å². The van der Waals surface area contributed by atoms with Gasteiger partial charge in [0.1, 0.15) is 0 Å². The normalized spacial score (nSPS) is 14.5. The van der Waals surface area contributed by atoms with Gasteiger partial charge in [0.25, 0.3) is 0 Å². The molecule has 2 aromatic rings. The Bertz CT molecular complexity index is 727. The topological polar surface area (TPSA) is 12.4 Å². The molecule has 0 amide bonds. The molecule has 0 N–H and O–H groups in total. The largest absolute Gasteiger partial charge is 0.416 e. The average molecular weight is 359 g/mol. The second-order valence-corrected chi connectivity index (χ2v) is 5.60. The summed E-state index contributed by atoms with van der Waals surface area (Å²) in [4.78, 5) is 4.25. The number of benzene rings is 2. The van der Waals surface area contributed by atoms with Gasteiger partial charge in [0.15, 0.2) is 0 Å². The molecular weight excluding hydrogens is 344 g/mol.